The number of rotatable bonds is 9. The molecule has 0 heterocycles. The molecule has 1 N–H and O–H groups in total. The van der Waals surface area contributed by atoms with Gasteiger partial charge >= 0.3 is 0 Å². The first kappa shape index (κ1) is 23.2. The second-order valence-corrected chi connectivity index (χ2v) is 8.54. The van der Waals surface area contributed by atoms with Crippen molar-refractivity contribution in [3.63, 3.8) is 0 Å². The van der Waals surface area contributed by atoms with Gasteiger partial charge in [0.2, 0.25) is 0 Å². The second-order valence-electron chi connectivity index (χ2n) is 6.53. The molecule has 1 aliphatic rings. The van der Waals surface area contributed by atoms with E-state index in [4.69, 9.17) is 4.74 Å². The van der Waals surface area contributed by atoms with Crippen molar-refractivity contribution in [3.05, 3.63) is 29.8 Å². The highest BCUT2D eigenvalue weighted by molar-refractivity contribution is 14.0. The van der Waals surface area contributed by atoms with E-state index in [1.165, 1.54) is 19.1 Å². The van der Waals surface area contributed by atoms with Gasteiger partial charge in [-0.3, -0.25) is 0 Å². The van der Waals surface area contributed by atoms with Gasteiger partial charge in [0.1, 0.15) is 0 Å². The minimum Gasteiger partial charge on any atom is -0.379 e. The van der Waals surface area contributed by atoms with Crippen LogP contribution in [0.3, 0.4) is 0 Å². The van der Waals surface area contributed by atoms with E-state index in [-0.39, 0.29) is 24.0 Å². The van der Waals surface area contributed by atoms with E-state index in [2.05, 4.69) is 15.2 Å². The van der Waals surface area contributed by atoms with E-state index in [0.29, 0.717) is 18.0 Å². The van der Waals surface area contributed by atoms with Crippen LogP contribution in [0.4, 0.5) is 0 Å². The molecule has 1 aromatic carbocycles. The molecule has 6 nitrogen and oxygen atoms in total. The van der Waals surface area contributed by atoms with Gasteiger partial charge in [0.05, 0.1) is 18.0 Å². The maximum Gasteiger partial charge on any atom is 0.194 e. The van der Waals surface area contributed by atoms with Crippen LogP contribution in [-0.2, 0) is 21.1 Å². The quantitative estimate of drug-likeness (QED) is 0.247. The van der Waals surface area contributed by atoms with Crippen LogP contribution in [0.1, 0.15) is 25.3 Å². The van der Waals surface area contributed by atoms with Gasteiger partial charge < -0.3 is 15.0 Å². The summed E-state index contributed by atoms with van der Waals surface area (Å²) in [4.78, 5) is 7.02. The first-order chi connectivity index (χ1) is 11.9. The molecule has 0 aromatic heterocycles. The Kier molecular flexibility index (Phi) is 9.88. The molecule has 1 aromatic rings. The second kappa shape index (κ2) is 11.1. The van der Waals surface area contributed by atoms with Crippen molar-refractivity contribution in [2.45, 2.75) is 31.2 Å². The summed E-state index contributed by atoms with van der Waals surface area (Å²) in [7, 11) is -1.16. The van der Waals surface area contributed by atoms with E-state index in [1.807, 2.05) is 26.1 Å². The highest BCUT2D eigenvalue weighted by Crippen LogP contribution is 2.28. The largest absolute Gasteiger partial charge is 0.379 e. The third-order valence-corrected chi connectivity index (χ3v) is 5.21. The van der Waals surface area contributed by atoms with Crippen LogP contribution in [0.5, 0.6) is 0 Å². The lowest BCUT2D eigenvalue weighted by atomic mass is 10.2. The van der Waals surface area contributed by atoms with Gasteiger partial charge in [-0.05, 0) is 43.4 Å². The van der Waals surface area contributed by atoms with Gasteiger partial charge in [-0.1, -0.05) is 12.1 Å². The first-order valence-corrected chi connectivity index (χ1v) is 10.7. The highest BCUT2D eigenvalue weighted by Gasteiger charge is 2.21. The predicted molar refractivity (Wildman–Crippen MR) is 116 cm³/mol. The zero-order valence-electron chi connectivity index (χ0n) is 15.8. The predicted octanol–water partition coefficient (Wildman–Crippen LogP) is 2.53. The molecule has 0 bridgehead atoms. The molecular weight excluding hydrogens is 465 g/mol. The Bertz CT molecular complexity index is 673. The Morgan fingerprint density at radius 3 is 2.50 bits per heavy atom. The average molecular weight is 495 g/mol. The van der Waals surface area contributed by atoms with E-state index in [9.17, 15) is 8.42 Å². The van der Waals surface area contributed by atoms with Crippen molar-refractivity contribution in [2.24, 2.45) is 10.9 Å². The van der Waals surface area contributed by atoms with Crippen LogP contribution in [0.15, 0.2) is 34.2 Å². The number of likely N-dealkylation sites (N-methyl/N-ethyl adjacent to an activating group) is 1. The van der Waals surface area contributed by atoms with E-state index >= 15 is 0 Å². The van der Waals surface area contributed by atoms with Gasteiger partial charge in [0.15, 0.2) is 15.8 Å². The van der Waals surface area contributed by atoms with Crippen LogP contribution >= 0.6 is 24.0 Å². The lowest BCUT2D eigenvalue weighted by molar-refractivity contribution is 0.115. The zero-order valence-corrected chi connectivity index (χ0v) is 18.9. The Balaban J connectivity index is 0.00000338. The Morgan fingerprint density at radius 1 is 1.31 bits per heavy atom. The molecule has 0 aliphatic heterocycles. The average Bonchev–Trinajstić information content (AvgIpc) is 3.39. The fraction of sp³-hybridized carbons (Fsp3) is 0.611. The third kappa shape index (κ3) is 8.22. The number of ether oxygens (including phenoxy) is 1. The first-order valence-electron chi connectivity index (χ1n) is 8.76. The van der Waals surface area contributed by atoms with E-state index in [0.717, 1.165) is 37.1 Å². The van der Waals surface area contributed by atoms with Gasteiger partial charge in [0.25, 0.3) is 0 Å². The van der Waals surface area contributed by atoms with Gasteiger partial charge in [-0.2, -0.15) is 0 Å². The standard InChI is InChI=1S/C18H29N3O3S.HI/c1-4-19-18(21(2)11-12-24-14-16-5-6-16)20-13-15-7-9-17(10-8-15)25(3,22)23;/h7-10,16H,4-6,11-14H2,1-3H3,(H,19,20);1H. The Morgan fingerprint density at radius 2 is 1.96 bits per heavy atom. The molecule has 0 saturated heterocycles. The molecule has 2 rings (SSSR count). The van der Waals surface area contributed by atoms with Crippen molar-refractivity contribution in [2.75, 3.05) is 39.6 Å². The molecule has 148 valence electrons. The summed E-state index contributed by atoms with van der Waals surface area (Å²) in [5.41, 5.74) is 0.973. The SMILES string of the molecule is CCNC(=NCc1ccc(S(C)(=O)=O)cc1)N(C)CCOCC1CC1.I. The number of nitrogens with zero attached hydrogens (tertiary/aromatic N) is 2. The molecule has 1 aliphatic carbocycles. The van der Waals surface area contributed by atoms with Crippen LogP contribution < -0.4 is 5.32 Å². The summed E-state index contributed by atoms with van der Waals surface area (Å²) >= 11 is 0. The van der Waals surface area contributed by atoms with E-state index in [1.54, 1.807) is 12.1 Å². The van der Waals surface area contributed by atoms with Crippen LogP contribution in [0.2, 0.25) is 0 Å². The molecule has 0 amide bonds. The Labute approximate surface area is 174 Å². The number of nitrogens with one attached hydrogen (secondary N) is 1. The molecule has 0 unspecified atom stereocenters. The Hall–Kier alpha value is -0.870. The van der Waals surface area contributed by atoms with Crippen LogP contribution in [0.25, 0.3) is 0 Å². The molecule has 1 fully saturated rings. The molecule has 26 heavy (non-hydrogen) atoms. The minimum atomic E-state index is -3.16. The highest BCUT2D eigenvalue weighted by atomic mass is 127. The fourth-order valence-corrected chi connectivity index (χ4v) is 2.95. The van der Waals surface area contributed by atoms with Gasteiger partial charge in [0, 0.05) is 33.0 Å². The molecule has 0 radical (unpaired) electrons. The summed E-state index contributed by atoms with van der Waals surface area (Å²) in [6.07, 6.45) is 3.82. The number of hydrogen-bond donors (Lipinski definition) is 1. The van der Waals surface area contributed by atoms with Crippen molar-refractivity contribution < 1.29 is 13.2 Å². The number of sulfone groups is 1. The lowest BCUT2D eigenvalue weighted by Gasteiger charge is -2.22. The van der Waals surface area contributed by atoms with Crippen LogP contribution in [-0.4, -0.2) is 58.9 Å². The van der Waals surface area contributed by atoms with Crippen molar-refractivity contribution >= 4 is 39.8 Å². The number of benzene rings is 1. The number of halogens is 1. The van der Waals surface area contributed by atoms with Gasteiger partial charge in [-0.15, -0.1) is 24.0 Å². The fourth-order valence-electron chi connectivity index (χ4n) is 2.32. The maximum absolute atomic E-state index is 11.5. The summed E-state index contributed by atoms with van der Waals surface area (Å²) in [5, 5.41) is 3.27. The zero-order chi connectivity index (χ0) is 18.3. The van der Waals surface area contributed by atoms with Crippen molar-refractivity contribution in [1.29, 1.82) is 0 Å². The van der Waals surface area contributed by atoms with E-state index < -0.39 is 9.84 Å². The topological polar surface area (TPSA) is 71.0 Å². The summed E-state index contributed by atoms with van der Waals surface area (Å²) < 4.78 is 28.7. The number of aliphatic imine (C=N–C) groups is 1. The number of hydrogen-bond acceptors (Lipinski definition) is 4. The lowest BCUT2D eigenvalue weighted by Crippen LogP contribution is -2.40. The van der Waals surface area contributed by atoms with Crippen molar-refractivity contribution in [3.8, 4) is 0 Å². The monoisotopic (exact) mass is 495 g/mol. The smallest absolute Gasteiger partial charge is 0.194 e. The molecule has 0 spiro atoms. The summed E-state index contributed by atoms with van der Waals surface area (Å²) in [6, 6.07) is 6.87. The third-order valence-electron chi connectivity index (χ3n) is 4.08. The molecule has 1 saturated carbocycles. The normalized spacial score (nSPS) is 14.7. The van der Waals surface area contributed by atoms with Crippen LogP contribution in [0, 0.1) is 5.92 Å². The summed E-state index contributed by atoms with van der Waals surface area (Å²) in [5.74, 6) is 1.60. The van der Waals surface area contributed by atoms with Crippen molar-refractivity contribution in [1.82, 2.24) is 10.2 Å². The maximum atomic E-state index is 11.5. The van der Waals surface area contributed by atoms with Gasteiger partial charge in [-0.25, -0.2) is 13.4 Å². The minimum absolute atomic E-state index is 0. The summed E-state index contributed by atoms with van der Waals surface area (Å²) in [6.45, 7) is 5.67. The number of guanidine groups is 1. The molecule has 0 atom stereocenters. The molecular formula is C18H30IN3O3S. The molecule has 8 heteroatoms.